The Morgan fingerprint density at radius 1 is 0.377 bits per heavy atom. The number of furan rings is 1. The van der Waals surface area contributed by atoms with Crippen LogP contribution >= 0.6 is 0 Å². The smallest absolute Gasteiger partial charge is 0.137 e. The zero-order chi connectivity index (χ0) is 40.3. The maximum Gasteiger partial charge on any atom is 0.137 e. The zero-order valence-electron chi connectivity index (χ0n) is 32.5. The minimum absolute atomic E-state index is 0.799. The molecule has 0 bridgehead atoms. The number of aromatic nitrogens is 7. The van der Waals surface area contributed by atoms with E-state index < -0.39 is 0 Å². The summed E-state index contributed by atoms with van der Waals surface area (Å²) in [6.45, 7) is 0. The van der Waals surface area contributed by atoms with E-state index in [1.54, 1.807) is 15.8 Å². The first-order valence-corrected chi connectivity index (χ1v) is 20.0. The first kappa shape index (κ1) is 34.4. The molecule has 0 radical (unpaired) electrons. The molecule has 0 spiro atoms. The maximum atomic E-state index is 6.63. The monoisotopic (exact) mass is 787 g/mol. The van der Waals surface area contributed by atoms with Crippen molar-refractivity contribution in [3.63, 3.8) is 0 Å². The second kappa shape index (κ2) is 14.0. The lowest BCUT2D eigenvalue weighted by Gasteiger charge is -2.26. The molecule has 10 heteroatoms. The predicted molar refractivity (Wildman–Crippen MR) is 243 cm³/mol. The Hall–Kier alpha value is -8.63. The van der Waals surface area contributed by atoms with Gasteiger partial charge in [0.1, 0.15) is 33.2 Å². The van der Waals surface area contributed by atoms with Crippen LogP contribution in [0.3, 0.4) is 0 Å². The van der Waals surface area contributed by atoms with Crippen molar-refractivity contribution in [3.05, 3.63) is 200 Å². The van der Waals surface area contributed by atoms with E-state index in [9.17, 15) is 0 Å². The SMILES string of the molecule is c1ccc(N(c2ccc(-n3nc4ccccc4n3)cc2)c2ccc3c(ccc4oc5cc(N(c6ccc(-n7nc8ccccc8n7)cc6)c6cccnc6)ccc5c43)c2)cc1. The van der Waals surface area contributed by atoms with Gasteiger partial charge in [-0.3, -0.25) is 4.98 Å². The molecular weight excluding hydrogens is 755 g/mol. The highest BCUT2D eigenvalue weighted by atomic mass is 16.3. The van der Waals surface area contributed by atoms with Crippen LogP contribution in [-0.4, -0.2) is 35.0 Å². The molecule has 4 heterocycles. The van der Waals surface area contributed by atoms with Crippen LogP contribution in [0.2, 0.25) is 0 Å². The fourth-order valence-corrected chi connectivity index (χ4v) is 8.24. The van der Waals surface area contributed by atoms with Crippen molar-refractivity contribution < 1.29 is 4.42 Å². The van der Waals surface area contributed by atoms with E-state index >= 15 is 0 Å². The Morgan fingerprint density at radius 3 is 1.44 bits per heavy atom. The number of rotatable bonds is 8. The van der Waals surface area contributed by atoms with Crippen LogP contribution in [0.5, 0.6) is 0 Å². The van der Waals surface area contributed by atoms with Gasteiger partial charge in [-0.2, -0.15) is 9.59 Å². The summed E-state index contributed by atoms with van der Waals surface area (Å²) in [6.07, 6.45) is 3.66. The summed E-state index contributed by atoms with van der Waals surface area (Å²) >= 11 is 0. The van der Waals surface area contributed by atoms with E-state index in [0.29, 0.717) is 0 Å². The number of nitrogens with zero attached hydrogens (tertiary/aromatic N) is 9. The van der Waals surface area contributed by atoms with Crippen LogP contribution in [0.1, 0.15) is 0 Å². The van der Waals surface area contributed by atoms with Crippen molar-refractivity contribution in [3.8, 4) is 11.4 Å². The van der Waals surface area contributed by atoms with Gasteiger partial charge in [0.05, 0.1) is 23.3 Å². The number of pyridine rings is 1. The van der Waals surface area contributed by atoms with Gasteiger partial charge < -0.3 is 14.2 Å². The molecule has 61 heavy (non-hydrogen) atoms. The van der Waals surface area contributed by atoms with Crippen LogP contribution in [0.15, 0.2) is 205 Å². The normalized spacial score (nSPS) is 11.6. The molecule has 4 aromatic heterocycles. The van der Waals surface area contributed by atoms with E-state index in [-0.39, 0.29) is 0 Å². The lowest BCUT2D eigenvalue weighted by molar-refractivity contribution is 0.669. The molecular formula is C51H33N9O. The highest BCUT2D eigenvalue weighted by molar-refractivity contribution is 6.19. The van der Waals surface area contributed by atoms with E-state index in [1.807, 2.05) is 79.0 Å². The molecule has 10 nitrogen and oxygen atoms in total. The Balaban J connectivity index is 0.909. The van der Waals surface area contributed by atoms with Crippen molar-refractivity contribution >= 4 is 88.9 Å². The third kappa shape index (κ3) is 6.01. The fraction of sp³-hybridized carbons (Fsp3) is 0. The van der Waals surface area contributed by atoms with Crippen molar-refractivity contribution in [1.29, 1.82) is 0 Å². The number of para-hydroxylation sites is 1. The summed E-state index contributed by atoms with van der Waals surface area (Å²) in [4.78, 5) is 12.3. The number of benzene rings is 8. The third-order valence-corrected chi connectivity index (χ3v) is 11.1. The van der Waals surface area contributed by atoms with Crippen LogP contribution in [0.25, 0.3) is 66.2 Å². The first-order valence-electron chi connectivity index (χ1n) is 20.0. The van der Waals surface area contributed by atoms with E-state index in [1.165, 1.54) is 0 Å². The Morgan fingerprint density at radius 2 is 0.869 bits per heavy atom. The molecule has 0 unspecified atom stereocenters. The number of hydrogen-bond acceptors (Lipinski definition) is 8. The molecule has 0 aliphatic carbocycles. The largest absolute Gasteiger partial charge is 0.456 e. The second-order valence-electron chi connectivity index (χ2n) is 14.8. The molecule has 12 aromatic rings. The number of fused-ring (bicyclic) bond motifs is 7. The lowest BCUT2D eigenvalue weighted by atomic mass is 10.0. The quantitative estimate of drug-likeness (QED) is 0.150. The fourth-order valence-electron chi connectivity index (χ4n) is 8.24. The standard InChI is InChI=1S/C51H33N9O/c1-2-9-35(10-3-1)57(36-17-21-38(22-18-36)59-53-45-12-4-5-13-46(45)54-59)40-25-27-43-34(31-40)16-29-49-51(43)44-28-26-41(32-50(44)61-49)58(42-11-8-30-52-33-42)37-19-23-39(24-20-37)60-55-47-14-6-7-15-48(47)56-60/h1-33H. The van der Waals surface area contributed by atoms with Gasteiger partial charge in [0.25, 0.3) is 0 Å². The minimum Gasteiger partial charge on any atom is -0.456 e. The van der Waals surface area contributed by atoms with E-state index in [0.717, 1.165) is 100 Å². The molecule has 12 rings (SSSR count). The van der Waals surface area contributed by atoms with Gasteiger partial charge in [0.15, 0.2) is 0 Å². The van der Waals surface area contributed by atoms with Gasteiger partial charge in [-0.1, -0.05) is 54.6 Å². The average molecular weight is 788 g/mol. The van der Waals surface area contributed by atoms with Gasteiger partial charge in [0.2, 0.25) is 0 Å². The van der Waals surface area contributed by atoms with Crippen molar-refractivity contribution in [2.45, 2.75) is 0 Å². The molecule has 0 atom stereocenters. The van der Waals surface area contributed by atoms with Crippen LogP contribution in [-0.2, 0) is 0 Å². The summed E-state index contributed by atoms with van der Waals surface area (Å²) in [5.41, 5.74) is 12.8. The molecule has 0 amide bonds. The van der Waals surface area contributed by atoms with E-state index in [2.05, 4.69) is 150 Å². The molecule has 0 saturated carbocycles. The van der Waals surface area contributed by atoms with E-state index in [4.69, 9.17) is 4.42 Å². The number of anilines is 6. The van der Waals surface area contributed by atoms with Gasteiger partial charge in [0, 0.05) is 51.5 Å². The van der Waals surface area contributed by atoms with Gasteiger partial charge >= 0.3 is 0 Å². The van der Waals surface area contributed by atoms with Crippen molar-refractivity contribution in [2.75, 3.05) is 9.80 Å². The molecule has 0 aliphatic heterocycles. The average Bonchev–Trinajstić information content (AvgIpc) is 4.06. The molecule has 0 fully saturated rings. The van der Waals surface area contributed by atoms with Crippen molar-refractivity contribution in [2.24, 2.45) is 0 Å². The highest BCUT2D eigenvalue weighted by Crippen LogP contribution is 2.42. The summed E-state index contributed by atoms with van der Waals surface area (Å²) in [5.74, 6) is 0. The first-order chi connectivity index (χ1) is 30.2. The number of hydrogen-bond donors (Lipinski definition) is 0. The molecule has 0 N–H and O–H groups in total. The Labute approximate surface area is 348 Å². The predicted octanol–water partition coefficient (Wildman–Crippen LogP) is 12.5. The lowest BCUT2D eigenvalue weighted by Crippen LogP contribution is -2.10. The molecule has 288 valence electrons. The second-order valence-corrected chi connectivity index (χ2v) is 14.8. The Bertz CT molecular complexity index is 3310. The summed E-state index contributed by atoms with van der Waals surface area (Å²) in [6, 6.07) is 64.1. The Kier molecular flexibility index (Phi) is 7.92. The van der Waals surface area contributed by atoms with Crippen LogP contribution in [0.4, 0.5) is 34.1 Å². The highest BCUT2D eigenvalue weighted by Gasteiger charge is 2.19. The molecule has 0 saturated heterocycles. The van der Waals surface area contributed by atoms with Crippen LogP contribution in [0, 0.1) is 0 Å². The topological polar surface area (TPSA) is 93.9 Å². The maximum absolute atomic E-state index is 6.63. The van der Waals surface area contributed by atoms with Gasteiger partial charge in [-0.05, 0) is 138 Å². The van der Waals surface area contributed by atoms with Crippen LogP contribution < -0.4 is 9.80 Å². The molecule has 8 aromatic carbocycles. The molecule has 0 aliphatic rings. The minimum atomic E-state index is 0.799. The van der Waals surface area contributed by atoms with Crippen molar-refractivity contribution in [1.82, 2.24) is 35.0 Å². The van der Waals surface area contributed by atoms with Gasteiger partial charge in [-0.25, -0.2) is 0 Å². The zero-order valence-corrected chi connectivity index (χ0v) is 32.5. The summed E-state index contributed by atoms with van der Waals surface area (Å²) in [7, 11) is 0. The summed E-state index contributed by atoms with van der Waals surface area (Å²) < 4.78 is 6.63. The summed E-state index contributed by atoms with van der Waals surface area (Å²) in [5, 5.41) is 23.1. The van der Waals surface area contributed by atoms with Gasteiger partial charge in [-0.15, -0.1) is 20.4 Å². The third-order valence-electron chi connectivity index (χ3n) is 11.1.